The quantitative estimate of drug-likeness (QED) is 0.168. The summed E-state index contributed by atoms with van der Waals surface area (Å²) in [5.74, 6) is -3.71. The number of nitrogens with zero attached hydrogens (tertiary/aromatic N) is 2. The van der Waals surface area contributed by atoms with Crippen LogP contribution in [0.2, 0.25) is 0 Å². The summed E-state index contributed by atoms with van der Waals surface area (Å²) in [6.07, 6.45) is 1.74. The Labute approximate surface area is 246 Å². The Hall–Kier alpha value is -4.79. The minimum absolute atomic E-state index is 0.155. The van der Waals surface area contributed by atoms with Crippen LogP contribution in [0.4, 0.5) is 13.2 Å². The zero-order chi connectivity index (χ0) is 31.5. The fourth-order valence-electron chi connectivity index (χ4n) is 5.36. The molecule has 0 aliphatic heterocycles. The van der Waals surface area contributed by atoms with Crippen molar-refractivity contribution < 1.29 is 32.6 Å². The van der Waals surface area contributed by atoms with Crippen LogP contribution in [0.25, 0.3) is 33.0 Å². The van der Waals surface area contributed by atoms with Crippen molar-refractivity contribution in [1.82, 2.24) is 9.13 Å². The van der Waals surface area contributed by atoms with E-state index in [-0.39, 0.29) is 11.1 Å². The van der Waals surface area contributed by atoms with Gasteiger partial charge in [0.05, 0.1) is 22.2 Å². The van der Waals surface area contributed by atoms with Gasteiger partial charge in [-0.1, -0.05) is 48.6 Å². The molecule has 0 fully saturated rings. The van der Waals surface area contributed by atoms with E-state index in [0.29, 0.717) is 21.8 Å². The molecule has 0 bridgehead atoms. The molecule has 0 amide bonds. The lowest BCUT2D eigenvalue weighted by Gasteiger charge is -2.24. The second-order valence-corrected chi connectivity index (χ2v) is 11.6. The van der Waals surface area contributed by atoms with Crippen molar-refractivity contribution in [3.05, 3.63) is 109 Å². The van der Waals surface area contributed by atoms with Gasteiger partial charge in [-0.3, -0.25) is 9.59 Å². The number of carbonyl (C=O) groups is 2. The summed E-state index contributed by atoms with van der Waals surface area (Å²) in [6.45, 7) is 13.5. The van der Waals surface area contributed by atoms with Crippen molar-refractivity contribution in [2.24, 2.45) is 0 Å². The predicted octanol–water partition coefficient (Wildman–Crippen LogP) is 7.85. The Morgan fingerprint density at radius 2 is 1.21 bits per heavy atom. The minimum Gasteiger partial charge on any atom is -0.504 e. The first kappa shape index (κ1) is 29.7. The maximum absolute atomic E-state index is 14.2. The van der Waals surface area contributed by atoms with Gasteiger partial charge in [-0.25, -0.2) is 0 Å². The van der Waals surface area contributed by atoms with E-state index in [2.05, 4.69) is 13.2 Å². The van der Waals surface area contributed by atoms with E-state index >= 15 is 0 Å². The number of fused-ring (bicyclic) bond motifs is 2. The number of rotatable bonds is 8. The predicted molar refractivity (Wildman–Crippen MR) is 161 cm³/mol. The Morgan fingerprint density at radius 1 is 0.767 bits per heavy atom. The highest BCUT2D eigenvalue weighted by atomic mass is 19.4. The second kappa shape index (κ2) is 10.2. The number of benzene rings is 2. The van der Waals surface area contributed by atoms with E-state index in [0.717, 1.165) is 0 Å². The van der Waals surface area contributed by atoms with Gasteiger partial charge in [-0.05, 0) is 39.8 Å². The SMILES string of the molecule is C=CC(C)(C)n1cc(C2=C(O)C(=O)C(c3cn(C(C)(C)C=C)c4ccccc34)=C(OCC(F)(F)F)C2=O)c2ccccc21. The number of aromatic nitrogens is 2. The number of carbonyl (C=O) groups excluding carboxylic acids is 2. The van der Waals surface area contributed by atoms with Crippen LogP contribution >= 0.6 is 0 Å². The fraction of sp³-hybridized carbons (Fsp3) is 0.235. The Balaban J connectivity index is 1.80. The van der Waals surface area contributed by atoms with E-state index in [1.165, 1.54) is 0 Å². The minimum atomic E-state index is -4.80. The van der Waals surface area contributed by atoms with Crippen LogP contribution in [0.15, 0.2) is 97.8 Å². The zero-order valence-electron chi connectivity index (χ0n) is 24.2. The van der Waals surface area contributed by atoms with Gasteiger partial charge in [0.25, 0.3) is 0 Å². The average Bonchev–Trinajstić information content (AvgIpc) is 3.54. The molecule has 222 valence electrons. The summed E-state index contributed by atoms with van der Waals surface area (Å²) in [5, 5.41) is 12.4. The molecule has 2 heterocycles. The third-order valence-corrected chi connectivity index (χ3v) is 7.92. The van der Waals surface area contributed by atoms with Crippen molar-refractivity contribution >= 4 is 44.5 Å². The third-order valence-electron chi connectivity index (χ3n) is 7.92. The maximum Gasteiger partial charge on any atom is 0.422 e. The van der Waals surface area contributed by atoms with E-state index < -0.39 is 58.1 Å². The van der Waals surface area contributed by atoms with Crippen molar-refractivity contribution in [2.45, 2.75) is 44.9 Å². The largest absolute Gasteiger partial charge is 0.504 e. The molecule has 2 aromatic heterocycles. The van der Waals surface area contributed by atoms with Crippen LogP contribution in [0.5, 0.6) is 0 Å². The van der Waals surface area contributed by atoms with Crippen molar-refractivity contribution in [1.29, 1.82) is 0 Å². The fourth-order valence-corrected chi connectivity index (χ4v) is 5.36. The van der Waals surface area contributed by atoms with Crippen LogP contribution in [0.1, 0.15) is 38.8 Å². The monoisotopic (exact) mass is 588 g/mol. The number of aliphatic hydroxyl groups is 1. The summed E-state index contributed by atoms with van der Waals surface area (Å²) in [5.41, 5.74) is -0.538. The molecular weight excluding hydrogens is 557 g/mol. The first-order valence-electron chi connectivity index (χ1n) is 13.6. The summed E-state index contributed by atoms with van der Waals surface area (Å²) >= 11 is 0. The number of halogens is 3. The molecule has 1 aliphatic carbocycles. The van der Waals surface area contributed by atoms with Gasteiger partial charge in [0.15, 0.2) is 18.1 Å². The van der Waals surface area contributed by atoms with Gasteiger partial charge in [0.1, 0.15) is 0 Å². The Kier molecular flexibility index (Phi) is 7.03. The number of Topliss-reactive ketones (excluding diaryl/α,β-unsaturated/α-hetero) is 2. The highest BCUT2D eigenvalue weighted by Gasteiger charge is 2.42. The molecule has 1 aliphatic rings. The van der Waals surface area contributed by atoms with Gasteiger partial charge in [-0.15, -0.1) is 13.2 Å². The number of aliphatic hydroxyl groups excluding tert-OH is 1. The van der Waals surface area contributed by atoms with Crippen molar-refractivity contribution in [2.75, 3.05) is 6.61 Å². The molecule has 0 atom stereocenters. The molecule has 6 nitrogen and oxygen atoms in total. The molecule has 9 heteroatoms. The number of para-hydroxylation sites is 2. The van der Waals surface area contributed by atoms with Crippen LogP contribution in [-0.2, 0) is 25.4 Å². The van der Waals surface area contributed by atoms with E-state index in [4.69, 9.17) is 4.74 Å². The molecule has 1 N–H and O–H groups in total. The standard InChI is InChI=1S/C34H31F3N2O4/c1-7-32(3,4)38-17-22(20-13-9-11-15-24(20)38)26-28(40)29(41)27(31(30(26)42)43-19-34(35,36)37)23-18-39(33(5,6)8-2)25-16-12-10-14-21(23)25/h7-18,40H,1-2,19H2,3-6H3. The first-order chi connectivity index (χ1) is 20.1. The van der Waals surface area contributed by atoms with Crippen LogP contribution in [0, 0.1) is 0 Å². The number of hydrogen-bond acceptors (Lipinski definition) is 4. The number of ketones is 2. The molecule has 43 heavy (non-hydrogen) atoms. The molecule has 0 unspecified atom stereocenters. The first-order valence-corrected chi connectivity index (χ1v) is 13.6. The smallest absolute Gasteiger partial charge is 0.422 e. The molecule has 0 spiro atoms. The maximum atomic E-state index is 14.2. The normalized spacial score (nSPS) is 15.1. The van der Waals surface area contributed by atoms with Gasteiger partial charge in [0.2, 0.25) is 11.6 Å². The van der Waals surface area contributed by atoms with Gasteiger partial charge in [0, 0.05) is 45.3 Å². The molecule has 0 saturated carbocycles. The molecule has 5 rings (SSSR count). The lowest BCUT2D eigenvalue weighted by atomic mass is 9.86. The van der Waals surface area contributed by atoms with E-state index in [1.54, 1.807) is 77.6 Å². The van der Waals surface area contributed by atoms with Gasteiger partial charge in [-0.2, -0.15) is 13.2 Å². The van der Waals surface area contributed by atoms with E-state index in [1.807, 2.05) is 32.3 Å². The molecular formula is C34H31F3N2O4. The number of allylic oxidation sites excluding steroid dienone is 4. The third kappa shape index (κ3) is 4.88. The van der Waals surface area contributed by atoms with Crippen molar-refractivity contribution in [3.63, 3.8) is 0 Å². The number of ether oxygens (including phenoxy) is 1. The van der Waals surface area contributed by atoms with Crippen LogP contribution < -0.4 is 0 Å². The van der Waals surface area contributed by atoms with Crippen LogP contribution in [0.3, 0.4) is 0 Å². The average molecular weight is 589 g/mol. The highest BCUT2D eigenvalue weighted by molar-refractivity contribution is 6.48. The molecule has 0 saturated heterocycles. The van der Waals surface area contributed by atoms with Crippen LogP contribution in [-0.4, -0.2) is 38.6 Å². The summed E-state index contributed by atoms with van der Waals surface area (Å²) in [7, 11) is 0. The second-order valence-electron chi connectivity index (χ2n) is 11.6. The lowest BCUT2D eigenvalue weighted by molar-refractivity contribution is -0.165. The van der Waals surface area contributed by atoms with Gasteiger partial charge < -0.3 is 19.0 Å². The van der Waals surface area contributed by atoms with E-state index in [9.17, 15) is 27.9 Å². The summed E-state index contributed by atoms with van der Waals surface area (Å²) in [4.78, 5) is 28.2. The van der Waals surface area contributed by atoms with Gasteiger partial charge >= 0.3 is 6.18 Å². The molecule has 4 aromatic rings. The lowest BCUT2D eigenvalue weighted by Crippen LogP contribution is -2.27. The zero-order valence-corrected chi connectivity index (χ0v) is 24.2. The number of alkyl halides is 3. The van der Waals surface area contributed by atoms with Crippen molar-refractivity contribution in [3.8, 4) is 0 Å². The molecule has 2 aromatic carbocycles. The Morgan fingerprint density at radius 3 is 1.65 bits per heavy atom. The number of hydrogen-bond donors (Lipinski definition) is 1. The summed E-state index contributed by atoms with van der Waals surface area (Å²) in [6, 6.07) is 14.0. The highest BCUT2D eigenvalue weighted by Crippen LogP contribution is 2.42. The Bertz CT molecular complexity index is 1900. The summed E-state index contributed by atoms with van der Waals surface area (Å²) < 4.78 is 49.2. The molecule has 0 radical (unpaired) electrons. The topological polar surface area (TPSA) is 73.5 Å².